The molecule has 0 spiro atoms. The molecule has 0 bridgehead atoms. The van der Waals surface area contributed by atoms with Gasteiger partial charge in [0, 0.05) is 15.2 Å². The molecule has 0 fully saturated rings. The molecule has 0 aliphatic carbocycles. The van der Waals surface area contributed by atoms with Gasteiger partial charge in [-0.15, -0.1) is 0 Å². The molecule has 0 radical (unpaired) electrons. The fourth-order valence-electron chi connectivity index (χ4n) is 0.666. The van der Waals surface area contributed by atoms with Crippen LogP contribution < -0.4 is 5.73 Å². The highest BCUT2D eigenvalue weighted by molar-refractivity contribution is 9.10. The van der Waals surface area contributed by atoms with Crippen LogP contribution in [-0.4, -0.2) is 0 Å². The first-order valence-corrected chi connectivity index (χ1v) is 3.99. The van der Waals surface area contributed by atoms with Crippen LogP contribution in [0, 0.1) is 6.92 Å². The molecule has 0 unspecified atom stereocenters. The van der Waals surface area contributed by atoms with Gasteiger partial charge in [-0.05, 0) is 24.6 Å². The Bertz CT molecular complexity index is 237. The van der Waals surface area contributed by atoms with Crippen LogP contribution in [0.15, 0.2) is 16.6 Å². The van der Waals surface area contributed by atoms with Gasteiger partial charge in [0.25, 0.3) is 0 Å². The van der Waals surface area contributed by atoms with Gasteiger partial charge in [-0.1, -0.05) is 27.5 Å². The minimum absolute atomic E-state index is 0.662. The van der Waals surface area contributed by atoms with Crippen molar-refractivity contribution in [1.29, 1.82) is 0 Å². The molecule has 0 amide bonds. The van der Waals surface area contributed by atoms with Gasteiger partial charge in [-0.3, -0.25) is 0 Å². The molecule has 0 saturated carbocycles. The second-order valence-electron chi connectivity index (χ2n) is 2.10. The minimum atomic E-state index is 0.662. The van der Waals surface area contributed by atoms with Crippen LogP contribution >= 0.6 is 27.5 Å². The van der Waals surface area contributed by atoms with Crippen molar-refractivity contribution >= 4 is 33.2 Å². The van der Waals surface area contributed by atoms with Crippen molar-refractivity contribution in [3.63, 3.8) is 0 Å². The van der Waals surface area contributed by atoms with Crippen LogP contribution in [0.4, 0.5) is 5.69 Å². The van der Waals surface area contributed by atoms with E-state index in [2.05, 4.69) is 15.9 Å². The van der Waals surface area contributed by atoms with Crippen LogP contribution in [0.3, 0.4) is 0 Å². The minimum Gasteiger partial charge on any atom is -0.398 e. The Hall–Kier alpha value is -0.210. The van der Waals surface area contributed by atoms with Crippen LogP contribution in [0.2, 0.25) is 5.02 Å². The average molecular weight is 220 g/mol. The summed E-state index contributed by atoms with van der Waals surface area (Å²) < 4.78 is 0.956. The largest absolute Gasteiger partial charge is 0.398 e. The van der Waals surface area contributed by atoms with Crippen molar-refractivity contribution in [2.45, 2.75) is 6.92 Å². The number of hydrogen-bond acceptors (Lipinski definition) is 1. The van der Waals surface area contributed by atoms with E-state index in [4.69, 9.17) is 17.3 Å². The maximum absolute atomic E-state index is 5.71. The topological polar surface area (TPSA) is 26.0 Å². The zero-order valence-electron chi connectivity index (χ0n) is 5.49. The smallest absolute Gasteiger partial charge is 0.0437 e. The summed E-state index contributed by atoms with van der Waals surface area (Å²) in [6, 6.07) is 3.56. The summed E-state index contributed by atoms with van der Waals surface area (Å²) in [5, 5.41) is 0.662. The van der Waals surface area contributed by atoms with Gasteiger partial charge in [-0.2, -0.15) is 0 Å². The zero-order chi connectivity index (χ0) is 7.72. The quantitative estimate of drug-likeness (QED) is 0.668. The van der Waals surface area contributed by atoms with Gasteiger partial charge in [0.1, 0.15) is 0 Å². The SMILES string of the molecule is Cc1c(N)cc(Cl)cc1Br. The summed E-state index contributed by atoms with van der Waals surface area (Å²) in [6.45, 7) is 1.94. The van der Waals surface area contributed by atoms with Gasteiger partial charge >= 0.3 is 0 Å². The van der Waals surface area contributed by atoms with Crippen molar-refractivity contribution in [3.05, 3.63) is 27.2 Å². The lowest BCUT2D eigenvalue weighted by Crippen LogP contribution is -1.89. The molecule has 0 heterocycles. The second kappa shape index (κ2) is 2.81. The van der Waals surface area contributed by atoms with Gasteiger partial charge in [0.05, 0.1) is 0 Å². The van der Waals surface area contributed by atoms with E-state index in [-0.39, 0.29) is 0 Å². The fourth-order valence-corrected chi connectivity index (χ4v) is 1.50. The molecule has 1 nitrogen and oxygen atoms in total. The standard InChI is InChI=1S/C7H7BrClN/c1-4-6(8)2-5(9)3-7(4)10/h2-3H,10H2,1H3. The molecule has 0 aromatic heterocycles. The third-order valence-electron chi connectivity index (χ3n) is 1.35. The van der Waals surface area contributed by atoms with Crippen LogP contribution in [0.25, 0.3) is 0 Å². The predicted octanol–water partition coefficient (Wildman–Crippen LogP) is 2.99. The van der Waals surface area contributed by atoms with E-state index in [0.29, 0.717) is 5.02 Å². The van der Waals surface area contributed by atoms with Crippen molar-refractivity contribution in [2.24, 2.45) is 0 Å². The summed E-state index contributed by atoms with van der Waals surface area (Å²) in [4.78, 5) is 0. The molecule has 10 heavy (non-hydrogen) atoms. The number of anilines is 1. The highest BCUT2D eigenvalue weighted by Gasteiger charge is 1.99. The summed E-state index contributed by atoms with van der Waals surface area (Å²) in [7, 11) is 0. The number of nitrogens with two attached hydrogens (primary N) is 1. The first kappa shape index (κ1) is 7.89. The van der Waals surface area contributed by atoms with E-state index in [1.54, 1.807) is 6.07 Å². The maximum atomic E-state index is 5.71. The molecule has 0 aliphatic heterocycles. The lowest BCUT2D eigenvalue weighted by Gasteiger charge is -2.02. The van der Waals surface area contributed by atoms with Gasteiger partial charge < -0.3 is 5.73 Å². The molecule has 0 aliphatic rings. The first-order valence-electron chi connectivity index (χ1n) is 2.82. The molecule has 54 valence electrons. The average Bonchev–Trinajstić information content (AvgIpc) is 1.82. The number of rotatable bonds is 0. The highest BCUT2D eigenvalue weighted by Crippen LogP contribution is 2.26. The van der Waals surface area contributed by atoms with Crippen LogP contribution in [0.1, 0.15) is 5.56 Å². The lowest BCUT2D eigenvalue weighted by atomic mass is 10.2. The maximum Gasteiger partial charge on any atom is 0.0437 e. The Balaban J connectivity index is 3.31. The Kier molecular flexibility index (Phi) is 2.21. The third kappa shape index (κ3) is 1.44. The van der Waals surface area contributed by atoms with Crippen molar-refractivity contribution in [1.82, 2.24) is 0 Å². The summed E-state index contributed by atoms with van der Waals surface area (Å²) in [5.41, 5.74) is 7.36. The van der Waals surface area contributed by atoms with Crippen LogP contribution in [0.5, 0.6) is 0 Å². The molecule has 1 rings (SSSR count). The third-order valence-corrected chi connectivity index (χ3v) is 2.39. The Morgan fingerprint density at radius 2 is 2.10 bits per heavy atom. The highest BCUT2D eigenvalue weighted by atomic mass is 79.9. The summed E-state index contributed by atoms with van der Waals surface area (Å²) in [6.07, 6.45) is 0. The first-order chi connectivity index (χ1) is 4.61. The summed E-state index contributed by atoms with van der Waals surface area (Å²) in [5.74, 6) is 0. The number of hydrogen-bond donors (Lipinski definition) is 1. The molecular formula is C7H7BrClN. The second-order valence-corrected chi connectivity index (χ2v) is 3.39. The van der Waals surface area contributed by atoms with E-state index < -0.39 is 0 Å². The molecule has 3 heteroatoms. The Labute approximate surface area is 73.3 Å². The van der Waals surface area contributed by atoms with Crippen molar-refractivity contribution in [2.75, 3.05) is 5.73 Å². The fraction of sp³-hybridized carbons (Fsp3) is 0.143. The molecule has 0 atom stereocenters. The molecule has 0 saturated heterocycles. The zero-order valence-corrected chi connectivity index (χ0v) is 7.83. The normalized spacial score (nSPS) is 9.90. The van der Waals surface area contributed by atoms with Crippen molar-refractivity contribution in [3.8, 4) is 0 Å². The molecule has 1 aromatic rings. The van der Waals surface area contributed by atoms with Gasteiger partial charge in [-0.25, -0.2) is 0 Å². The van der Waals surface area contributed by atoms with Gasteiger partial charge in [0.15, 0.2) is 0 Å². The van der Waals surface area contributed by atoms with E-state index in [0.717, 1.165) is 15.7 Å². The lowest BCUT2D eigenvalue weighted by molar-refractivity contribution is 1.43. The van der Waals surface area contributed by atoms with E-state index >= 15 is 0 Å². The predicted molar refractivity (Wildman–Crippen MR) is 48.3 cm³/mol. The molecular weight excluding hydrogens is 213 g/mol. The number of benzene rings is 1. The van der Waals surface area contributed by atoms with E-state index in [9.17, 15) is 0 Å². The van der Waals surface area contributed by atoms with Crippen LogP contribution in [-0.2, 0) is 0 Å². The van der Waals surface area contributed by atoms with E-state index in [1.807, 2.05) is 13.0 Å². The van der Waals surface area contributed by atoms with Gasteiger partial charge in [0.2, 0.25) is 0 Å². The number of nitrogen functional groups attached to an aromatic ring is 1. The Morgan fingerprint density at radius 1 is 1.50 bits per heavy atom. The molecule has 1 aromatic carbocycles. The van der Waals surface area contributed by atoms with Crippen molar-refractivity contribution < 1.29 is 0 Å². The monoisotopic (exact) mass is 219 g/mol. The Morgan fingerprint density at radius 3 is 2.60 bits per heavy atom. The molecule has 2 N–H and O–H groups in total. The summed E-state index contributed by atoms with van der Waals surface area (Å²) >= 11 is 9.04. The number of halogens is 2. The van der Waals surface area contributed by atoms with E-state index in [1.165, 1.54) is 0 Å².